The van der Waals surface area contributed by atoms with Crippen molar-refractivity contribution in [2.24, 2.45) is 0 Å². The average Bonchev–Trinajstić information content (AvgIpc) is 3.27. The molecule has 2 aromatic carbocycles. The van der Waals surface area contributed by atoms with Crippen LogP contribution in [-0.4, -0.2) is 5.91 Å². The van der Waals surface area contributed by atoms with Gasteiger partial charge < -0.3 is 10.6 Å². The largest absolute Gasteiger partial charge is 0.349 e. The van der Waals surface area contributed by atoms with Gasteiger partial charge in [0.05, 0.1) is 11.6 Å². The molecule has 0 aliphatic rings. The lowest BCUT2D eigenvalue weighted by atomic mass is 10.1. The molecule has 152 valence electrons. The van der Waals surface area contributed by atoms with Crippen molar-refractivity contribution in [3.05, 3.63) is 98.2 Å². The number of rotatable bonds is 8. The first-order valence-electron chi connectivity index (χ1n) is 9.53. The van der Waals surface area contributed by atoms with Crippen LogP contribution < -0.4 is 10.6 Å². The normalized spacial score (nSPS) is 11.4. The van der Waals surface area contributed by atoms with E-state index in [2.05, 4.69) is 35.8 Å². The van der Waals surface area contributed by atoms with E-state index in [1.807, 2.05) is 60.8 Å². The van der Waals surface area contributed by atoms with Crippen molar-refractivity contribution in [3.8, 4) is 6.07 Å². The van der Waals surface area contributed by atoms with Crippen molar-refractivity contribution in [2.45, 2.75) is 26.1 Å². The zero-order valence-corrected chi connectivity index (χ0v) is 18.6. The van der Waals surface area contributed by atoms with Crippen molar-refractivity contribution in [2.75, 3.05) is 5.32 Å². The van der Waals surface area contributed by atoms with Gasteiger partial charge in [-0.05, 0) is 48.1 Å². The van der Waals surface area contributed by atoms with Gasteiger partial charge in [-0.15, -0.1) is 23.1 Å². The van der Waals surface area contributed by atoms with Crippen LogP contribution in [0.1, 0.15) is 21.6 Å². The molecule has 6 heteroatoms. The highest BCUT2D eigenvalue weighted by molar-refractivity contribution is 8.02. The molecule has 0 radical (unpaired) electrons. The van der Waals surface area contributed by atoms with Crippen LogP contribution in [0.25, 0.3) is 0 Å². The van der Waals surface area contributed by atoms with Crippen LogP contribution in [0.15, 0.2) is 76.6 Å². The van der Waals surface area contributed by atoms with Gasteiger partial charge in [0.1, 0.15) is 11.6 Å². The maximum Gasteiger partial charge on any atom is 0.264 e. The summed E-state index contributed by atoms with van der Waals surface area (Å²) in [6.07, 6.45) is 0. The fourth-order valence-electron chi connectivity index (χ4n) is 2.80. The third-order valence-electron chi connectivity index (χ3n) is 4.60. The minimum Gasteiger partial charge on any atom is -0.349 e. The van der Waals surface area contributed by atoms with Crippen LogP contribution in [-0.2, 0) is 17.1 Å². The van der Waals surface area contributed by atoms with Crippen molar-refractivity contribution in [1.29, 1.82) is 5.26 Å². The molecule has 1 heterocycles. The lowest BCUT2D eigenvalue weighted by molar-refractivity contribution is -0.117. The first-order valence-corrected chi connectivity index (χ1v) is 11.4. The number of hydrogen-bond acceptors (Lipinski definition) is 5. The van der Waals surface area contributed by atoms with Gasteiger partial charge in [0.2, 0.25) is 0 Å². The molecule has 0 aliphatic carbocycles. The fourth-order valence-corrected chi connectivity index (χ4v) is 4.53. The van der Waals surface area contributed by atoms with E-state index in [1.54, 1.807) is 11.3 Å². The molecule has 0 atom stereocenters. The summed E-state index contributed by atoms with van der Waals surface area (Å²) in [5.74, 6) is 0.281. The van der Waals surface area contributed by atoms with Crippen molar-refractivity contribution in [3.63, 3.8) is 0 Å². The van der Waals surface area contributed by atoms with Crippen LogP contribution in [0, 0.1) is 25.2 Å². The zero-order valence-electron chi connectivity index (χ0n) is 16.9. The van der Waals surface area contributed by atoms with Crippen LogP contribution in [0.2, 0.25) is 0 Å². The third kappa shape index (κ3) is 5.76. The molecule has 0 aliphatic heterocycles. The number of hydrogen-bond donors (Lipinski definition) is 2. The first-order chi connectivity index (χ1) is 14.6. The van der Waals surface area contributed by atoms with Gasteiger partial charge in [0.15, 0.2) is 0 Å². The van der Waals surface area contributed by atoms with E-state index >= 15 is 0 Å². The Bertz CT molecular complexity index is 1080. The Labute approximate surface area is 185 Å². The Morgan fingerprint density at radius 2 is 1.77 bits per heavy atom. The second-order valence-corrected chi connectivity index (χ2v) is 8.75. The second-order valence-electron chi connectivity index (χ2n) is 6.73. The van der Waals surface area contributed by atoms with E-state index in [9.17, 15) is 10.1 Å². The fraction of sp³-hybridized carbons (Fsp3) is 0.167. The van der Waals surface area contributed by atoms with Crippen LogP contribution >= 0.6 is 23.1 Å². The number of carbonyl (C=O) groups excluding carboxylic acids is 1. The summed E-state index contributed by atoms with van der Waals surface area (Å²) in [6.45, 7) is 4.46. The maximum atomic E-state index is 12.8. The van der Waals surface area contributed by atoms with E-state index in [-0.39, 0.29) is 11.5 Å². The van der Waals surface area contributed by atoms with Gasteiger partial charge in [-0.1, -0.05) is 48.5 Å². The molecule has 3 rings (SSSR count). The predicted molar refractivity (Wildman–Crippen MR) is 126 cm³/mol. The van der Waals surface area contributed by atoms with Gasteiger partial charge in [-0.3, -0.25) is 4.79 Å². The molecule has 30 heavy (non-hydrogen) atoms. The van der Waals surface area contributed by atoms with E-state index < -0.39 is 0 Å². The Hall–Kier alpha value is -3.01. The summed E-state index contributed by atoms with van der Waals surface area (Å²) in [7, 11) is 0. The molecule has 1 amide bonds. The molecule has 0 unspecified atom stereocenters. The smallest absolute Gasteiger partial charge is 0.264 e. The minimum absolute atomic E-state index is 0.0911. The summed E-state index contributed by atoms with van der Waals surface area (Å²) in [6, 6.07) is 22.0. The maximum absolute atomic E-state index is 12.8. The summed E-state index contributed by atoms with van der Waals surface area (Å²) < 4.78 is 0. The summed E-state index contributed by atoms with van der Waals surface area (Å²) in [5, 5.41) is 18.5. The van der Waals surface area contributed by atoms with E-state index in [4.69, 9.17) is 0 Å². The molecular weight excluding hydrogens is 410 g/mol. The molecule has 0 fully saturated rings. The number of thioether (sulfide) groups is 1. The van der Waals surface area contributed by atoms with Crippen molar-refractivity contribution < 1.29 is 4.79 Å². The topological polar surface area (TPSA) is 64.9 Å². The zero-order chi connectivity index (χ0) is 21.3. The molecule has 2 N–H and O–H groups in total. The lowest BCUT2D eigenvalue weighted by Crippen LogP contribution is -2.25. The van der Waals surface area contributed by atoms with E-state index in [0.717, 1.165) is 16.1 Å². The summed E-state index contributed by atoms with van der Waals surface area (Å²) in [4.78, 5) is 13.9. The number of nitrogens with zero attached hydrogens (tertiary/aromatic N) is 1. The second kappa shape index (κ2) is 10.7. The molecule has 0 saturated heterocycles. The minimum atomic E-state index is -0.376. The molecule has 4 nitrogen and oxygen atoms in total. The average molecular weight is 434 g/mol. The first kappa shape index (κ1) is 21.7. The number of aryl methyl sites for hydroxylation is 2. The molecule has 0 bridgehead atoms. The van der Waals surface area contributed by atoms with Gasteiger partial charge in [0, 0.05) is 16.3 Å². The number of nitriles is 1. The Kier molecular flexibility index (Phi) is 7.72. The number of para-hydroxylation sites is 1. The van der Waals surface area contributed by atoms with Gasteiger partial charge in [0.25, 0.3) is 5.91 Å². The Morgan fingerprint density at radius 1 is 1.03 bits per heavy atom. The highest BCUT2D eigenvalue weighted by Crippen LogP contribution is 2.28. The van der Waals surface area contributed by atoms with Crippen molar-refractivity contribution in [1.82, 2.24) is 5.32 Å². The SMILES string of the molecule is Cc1ccccc1CS/C(Nc1ccccc1C)=C(\C#N)C(=O)NCc1cccs1. The number of thiophene rings is 1. The van der Waals surface area contributed by atoms with E-state index in [0.29, 0.717) is 17.3 Å². The standard InChI is InChI=1S/C24H23N3OS2/c1-17-8-3-5-10-19(17)16-30-24(27-22-12-6-4-9-18(22)2)21(14-25)23(28)26-15-20-11-7-13-29-20/h3-13,27H,15-16H2,1-2H3,(H,26,28)/b24-21+. The Balaban J connectivity index is 1.86. The Morgan fingerprint density at radius 3 is 2.43 bits per heavy atom. The number of carbonyl (C=O) groups is 1. The number of anilines is 1. The van der Waals surface area contributed by atoms with Gasteiger partial charge in [-0.25, -0.2) is 0 Å². The monoisotopic (exact) mass is 433 g/mol. The summed E-state index contributed by atoms with van der Waals surface area (Å²) >= 11 is 3.04. The molecule has 0 saturated carbocycles. The molecule has 1 aromatic heterocycles. The quantitative estimate of drug-likeness (QED) is 0.350. The van der Waals surface area contributed by atoms with Crippen molar-refractivity contribution >= 4 is 34.7 Å². The van der Waals surface area contributed by atoms with Gasteiger partial charge >= 0.3 is 0 Å². The van der Waals surface area contributed by atoms with Crippen LogP contribution in [0.4, 0.5) is 5.69 Å². The van der Waals surface area contributed by atoms with Crippen LogP contribution in [0.5, 0.6) is 0 Å². The predicted octanol–water partition coefficient (Wildman–Crippen LogP) is 5.76. The number of amides is 1. The van der Waals surface area contributed by atoms with Gasteiger partial charge in [-0.2, -0.15) is 5.26 Å². The van der Waals surface area contributed by atoms with Crippen LogP contribution in [0.3, 0.4) is 0 Å². The molecule has 3 aromatic rings. The highest BCUT2D eigenvalue weighted by Gasteiger charge is 2.17. The lowest BCUT2D eigenvalue weighted by Gasteiger charge is -2.15. The number of nitrogens with one attached hydrogen (secondary N) is 2. The third-order valence-corrected chi connectivity index (χ3v) is 6.52. The molecule has 0 spiro atoms. The summed E-state index contributed by atoms with van der Waals surface area (Å²) in [5.41, 5.74) is 4.36. The highest BCUT2D eigenvalue weighted by atomic mass is 32.2. The number of benzene rings is 2. The van der Waals surface area contributed by atoms with E-state index in [1.165, 1.54) is 22.9 Å². The molecular formula is C24H23N3OS2.